The zero-order chi connectivity index (χ0) is 23.3. The van der Waals surface area contributed by atoms with Crippen molar-refractivity contribution in [3.8, 4) is 11.8 Å². The molecule has 4 rings (SSSR count). The predicted molar refractivity (Wildman–Crippen MR) is 117 cm³/mol. The van der Waals surface area contributed by atoms with Crippen molar-refractivity contribution in [1.29, 1.82) is 5.26 Å². The lowest BCUT2D eigenvalue weighted by Gasteiger charge is -2.34. The van der Waals surface area contributed by atoms with Gasteiger partial charge in [-0.3, -0.25) is 0 Å². The summed E-state index contributed by atoms with van der Waals surface area (Å²) in [6.45, 7) is 3.25. The van der Waals surface area contributed by atoms with Crippen molar-refractivity contribution in [2.24, 2.45) is 0 Å². The highest BCUT2D eigenvalue weighted by atomic mass is 19.4. The average molecular weight is 460 g/mol. The third kappa shape index (κ3) is 5.98. The maximum absolute atomic E-state index is 13.3. The number of benzene rings is 2. The topological polar surface area (TPSA) is 54.7 Å². The summed E-state index contributed by atoms with van der Waals surface area (Å²) in [5.74, 6) is 1.18. The minimum absolute atomic E-state index is 0.105. The van der Waals surface area contributed by atoms with E-state index in [1.165, 1.54) is 11.6 Å². The van der Waals surface area contributed by atoms with E-state index in [0.29, 0.717) is 44.5 Å². The molecule has 0 radical (unpaired) electrons. The van der Waals surface area contributed by atoms with Crippen LogP contribution in [0.3, 0.4) is 0 Å². The van der Waals surface area contributed by atoms with Crippen LogP contribution >= 0.6 is 0 Å². The monoisotopic (exact) mass is 460 g/mol. The van der Waals surface area contributed by atoms with Gasteiger partial charge in [0, 0.05) is 25.2 Å². The molecule has 2 saturated heterocycles. The SMILES string of the molecule is N#Cc1ccc(N2CCC(c3ccc(OCCCC4OCCO4)cc3)CC2)cc1C(F)(F)F. The Bertz CT molecular complexity index is 958. The van der Waals surface area contributed by atoms with E-state index in [4.69, 9.17) is 19.5 Å². The van der Waals surface area contributed by atoms with Crippen molar-refractivity contribution in [3.63, 3.8) is 0 Å². The third-order valence-electron chi connectivity index (χ3n) is 6.18. The molecule has 2 fully saturated rings. The first kappa shape index (κ1) is 23.4. The first-order valence-corrected chi connectivity index (χ1v) is 11.3. The summed E-state index contributed by atoms with van der Waals surface area (Å²) in [4.78, 5) is 1.96. The molecular weight excluding hydrogens is 433 g/mol. The van der Waals surface area contributed by atoms with E-state index in [2.05, 4.69) is 12.1 Å². The molecule has 2 aliphatic heterocycles. The van der Waals surface area contributed by atoms with E-state index in [1.807, 2.05) is 17.0 Å². The van der Waals surface area contributed by atoms with E-state index in [-0.39, 0.29) is 11.9 Å². The number of halogens is 3. The van der Waals surface area contributed by atoms with Crippen molar-refractivity contribution < 1.29 is 27.4 Å². The van der Waals surface area contributed by atoms with Crippen LogP contribution in [0.15, 0.2) is 42.5 Å². The van der Waals surface area contributed by atoms with Gasteiger partial charge in [0.05, 0.1) is 37.0 Å². The van der Waals surface area contributed by atoms with Gasteiger partial charge in [-0.05, 0) is 61.1 Å². The lowest BCUT2D eigenvalue weighted by molar-refractivity contribution is -0.137. The lowest BCUT2D eigenvalue weighted by atomic mass is 9.89. The van der Waals surface area contributed by atoms with E-state index in [1.54, 1.807) is 12.1 Å². The molecule has 0 unspecified atom stereocenters. The number of hydrogen-bond acceptors (Lipinski definition) is 5. The van der Waals surface area contributed by atoms with Crippen molar-refractivity contribution >= 4 is 5.69 Å². The zero-order valence-electron chi connectivity index (χ0n) is 18.3. The molecule has 0 atom stereocenters. The molecule has 0 aliphatic carbocycles. The van der Waals surface area contributed by atoms with E-state index < -0.39 is 11.7 Å². The molecule has 0 bridgehead atoms. The maximum atomic E-state index is 13.3. The quantitative estimate of drug-likeness (QED) is 0.511. The number of piperidine rings is 1. The molecule has 33 heavy (non-hydrogen) atoms. The normalized spacial score (nSPS) is 17.8. The highest BCUT2D eigenvalue weighted by Crippen LogP contribution is 2.36. The highest BCUT2D eigenvalue weighted by Gasteiger charge is 2.34. The van der Waals surface area contributed by atoms with Crippen LogP contribution in [-0.4, -0.2) is 39.2 Å². The van der Waals surface area contributed by atoms with Gasteiger partial charge < -0.3 is 19.1 Å². The summed E-state index contributed by atoms with van der Waals surface area (Å²) in [5.41, 5.74) is 0.509. The number of anilines is 1. The van der Waals surface area contributed by atoms with Crippen LogP contribution in [0, 0.1) is 11.3 Å². The summed E-state index contributed by atoms with van der Waals surface area (Å²) >= 11 is 0. The van der Waals surface area contributed by atoms with Crippen molar-refractivity contribution in [3.05, 3.63) is 59.2 Å². The van der Waals surface area contributed by atoms with Crippen molar-refractivity contribution in [1.82, 2.24) is 0 Å². The fourth-order valence-electron chi connectivity index (χ4n) is 4.38. The van der Waals surface area contributed by atoms with Gasteiger partial charge in [-0.2, -0.15) is 18.4 Å². The summed E-state index contributed by atoms with van der Waals surface area (Å²) < 4.78 is 56.5. The number of hydrogen-bond donors (Lipinski definition) is 0. The van der Waals surface area contributed by atoms with Gasteiger partial charge in [0.1, 0.15) is 5.75 Å². The van der Waals surface area contributed by atoms with Gasteiger partial charge in [0.2, 0.25) is 0 Å². The second-order valence-corrected chi connectivity index (χ2v) is 8.33. The molecule has 2 aromatic carbocycles. The molecule has 2 aliphatic rings. The molecule has 2 aromatic rings. The molecule has 0 N–H and O–H groups in total. The number of nitrogens with zero attached hydrogens (tertiary/aromatic N) is 2. The molecule has 2 heterocycles. The standard InChI is InChI=1S/C25H27F3N2O3/c26-25(27,28)23-16-21(6-3-20(23)17-29)30-11-9-19(10-12-30)18-4-7-22(8-5-18)31-13-1-2-24-32-14-15-33-24/h3-8,16,19,24H,1-2,9-15H2. The Labute approximate surface area is 191 Å². The van der Waals surface area contributed by atoms with Crippen LogP contribution in [0.2, 0.25) is 0 Å². The van der Waals surface area contributed by atoms with Crippen LogP contribution in [-0.2, 0) is 15.7 Å². The van der Waals surface area contributed by atoms with Gasteiger partial charge in [-0.1, -0.05) is 12.1 Å². The summed E-state index contributed by atoms with van der Waals surface area (Å²) in [7, 11) is 0. The Hall–Kier alpha value is -2.76. The molecule has 5 nitrogen and oxygen atoms in total. The minimum Gasteiger partial charge on any atom is -0.494 e. The molecule has 0 saturated carbocycles. The van der Waals surface area contributed by atoms with Crippen LogP contribution in [0.1, 0.15) is 48.3 Å². The Balaban J connectivity index is 1.28. The Morgan fingerprint density at radius 1 is 1.03 bits per heavy atom. The Morgan fingerprint density at radius 2 is 1.73 bits per heavy atom. The lowest BCUT2D eigenvalue weighted by Crippen LogP contribution is -2.33. The molecule has 0 aromatic heterocycles. The number of rotatable bonds is 7. The van der Waals surface area contributed by atoms with Crippen molar-refractivity contribution in [2.45, 2.75) is 44.1 Å². The van der Waals surface area contributed by atoms with Crippen LogP contribution in [0.5, 0.6) is 5.75 Å². The number of alkyl halides is 3. The fourth-order valence-corrected chi connectivity index (χ4v) is 4.38. The van der Waals surface area contributed by atoms with Gasteiger partial charge in [0.15, 0.2) is 6.29 Å². The van der Waals surface area contributed by atoms with Gasteiger partial charge in [0.25, 0.3) is 0 Å². The maximum Gasteiger partial charge on any atom is 0.417 e. The molecule has 176 valence electrons. The number of nitriles is 1. The van der Waals surface area contributed by atoms with E-state index >= 15 is 0 Å². The number of ether oxygens (including phenoxy) is 3. The minimum atomic E-state index is -4.54. The first-order chi connectivity index (χ1) is 15.9. The van der Waals surface area contributed by atoms with Gasteiger partial charge in [-0.15, -0.1) is 0 Å². The first-order valence-electron chi connectivity index (χ1n) is 11.3. The van der Waals surface area contributed by atoms with Crippen LogP contribution < -0.4 is 9.64 Å². The largest absolute Gasteiger partial charge is 0.494 e. The average Bonchev–Trinajstić information content (AvgIpc) is 3.35. The van der Waals surface area contributed by atoms with Crippen LogP contribution in [0.4, 0.5) is 18.9 Å². The molecular formula is C25H27F3N2O3. The molecule has 0 spiro atoms. The van der Waals surface area contributed by atoms with Gasteiger partial charge >= 0.3 is 6.18 Å². The summed E-state index contributed by atoms with van der Waals surface area (Å²) in [5, 5.41) is 8.99. The smallest absolute Gasteiger partial charge is 0.417 e. The zero-order valence-corrected chi connectivity index (χ0v) is 18.3. The predicted octanol–water partition coefficient (Wildman–Crippen LogP) is 5.49. The Morgan fingerprint density at radius 3 is 2.36 bits per heavy atom. The summed E-state index contributed by atoms with van der Waals surface area (Å²) in [6.07, 6.45) is -1.27. The third-order valence-corrected chi connectivity index (χ3v) is 6.18. The van der Waals surface area contributed by atoms with Gasteiger partial charge in [-0.25, -0.2) is 0 Å². The molecule has 0 amide bonds. The highest BCUT2D eigenvalue weighted by molar-refractivity contribution is 5.55. The fraction of sp³-hybridized carbons (Fsp3) is 0.480. The van der Waals surface area contributed by atoms with Crippen LogP contribution in [0.25, 0.3) is 0 Å². The Kier molecular flexibility index (Phi) is 7.41. The molecule has 8 heteroatoms. The van der Waals surface area contributed by atoms with E-state index in [0.717, 1.165) is 37.5 Å². The second-order valence-electron chi connectivity index (χ2n) is 8.33. The second kappa shape index (κ2) is 10.4. The van der Waals surface area contributed by atoms with E-state index in [9.17, 15) is 13.2 Å². The summed E-state index contributed by atoms with van der Waals surface area (Å²) in [6, 6.07) is 13.7. The van der Waals surface area contributed by atoms with Crippen molar-refractivity contribution in [2.75, 3.05) is 37.8 Å².